The number of amides is 1. The summed E-state index contributed by atoms with van der Waals surface area (Å²) in [5.74, 6) is 0.773. The molecule has 0 radical (unpaired) electrons. The highest BCUT2D eigenvalue weighted by Gasteiger charge is 2.46. The highest BCUT2D eigenvalue weighted by Crippen LogP contribution is 2.46. The Hall–Kier alpha value is -2.44. The van der Waals surface area contributed by atoms with Crippen LogP contribution in [0.1, 0.15) is 58.9 Å². The van der Waals surface area contributed by atoms with Crippen molar-refractivity contribution in [1.29, 1.82) is 5.41 Å². The van der Waals surface area contributed by atoms with E-state index in [1.807, 2.05) is 18.9 Å². The summed E-state index contributed by atoms with van der Waals surface area (Å²) in [6.45, 7) is 4.03. The number of halogens is 2. The molecule has 1 amide bonds. The second-order valence-corrected chi connectivity index (χ2v) is 8.94. The average Bonchev–Trinajstić information content (AvgIpc) is 2.75. The Balaban J connectivity index is 1.87. The molecular weight excluding hydrogens is 433 g/mol. The first kappa shape index (κ1) is 21.8. The van der Waals surface area contributed by atoms with E-state index < -0.39 is 0 Å². The second-order valence-electron chi connectivity index (χ2n) is 8.15. The molecule has 1 aromatic heterocycles. The molecule has 162 valence electrons. The topological polar surface area (TPSA) is 82.0 Å². The van der Waals surface area contributed by atoms with E-state index in [9.17, 15) is 4.79 Å². The van der Waals surface area contributed by atoms with Gasteiger partial charge in [0.2, 0.25) is 0 Å². The zero-order valence-corrected chi connectivity index (χ0v) is 19.3. The molecule has 0 saturated carbocycles. The number of carbonyl (C=O) groups is 1. The lowest BCUT2D eigenvalue weighted by atomic mass is 9.76. The first-order valence-corrected chi connectivity index (χ1v) is 11.2. The van der Waals surface area contributed by atoms with Crippen LogP contribution >= 0.6 is 23.2 Å². The average molecular weight is 458 g/mol. The van der Waals surface area contributed by atoms with Gasteiger partial charge in [-0.05, 0) is 50.3 Å². The van der Waals surface area contributed by atoms with Gasteiger partial charge in [0.1, 0.15) is 5.82 Å². The minimum absolute atomic E-state index is 0.0272. The van der Waals surface area contributed by atoms with Crippen molar-refractivity contribution in [2.45, 2.75) is 45.2 Å². The van der Waals surface area contributed by atoms with Crippen molar-refractivity contribution in [3.63, 3.8) is 0 Å². The van der Waals surface area contributed by atoms with Gasteiger partial charge in [-0.1, -0.05) is 36.2 Å². The Labute approximate surface area is 192 Å². The zero-order chi connectivity index (χ0) is 22.3. The Morgan fingerprint density at radius 2 is 2.06 bits per heavy atom. The van der Waals surface area contributed by atoms with Crippen molar-refractivity contribution in [2.24, 2.45) is 5.92 Å². The predicted molar refractivity (Wildman–Crippen MR) is 124 cm³/mol. The molecule has 3 atom stereocenters. The van der Waals surface area contributed by atoms with Crippen LogP contribution in [0.25, 0.3) is 5.70 Å². The van der Waals surface area contributed by atoms with E-state index in [1.165, 1.54) is 6.21 Å². The van der Waals surface area contributed by atoms with E-state index in [1.54, 1.807) is 24.3 Å². The van der Waals surface area contributed by atoms with E-state index in [2.05, 4.69) is 12.2 Å². The Bertz CT molecular complexity index is 1080. The fourth-order valence-electron chi connectivity index (χ4n) is 4.84. The lowest BCUT2D eigenvalue weighted by molar-refractivity contribution is 0.0225. The number of benzene rings is 1. The Morgan fingerprint density at radius 1 is 1.29 bits per heavy atom. The number of rotatable bonds is 4. The summed E-state index contributed by atoms with van der Waals surface area (Å²) in [7, 11) is 1.82. The Morgan fingerprint density at radius 3 is 2.77 bits per heavy atom. The van der Waals surface area contributed by atoms with Gasteiger partial charge < -0.3 is 15.6 Å². The van der Waals surface area contributed by atoms with Crippen LogP contribution in [0.2, 0.25) is 10.0 Å². The summed E-state index contributed by atoms with van der Waals surface area (Å²) in [6, 6.07) is 5.04. The van der Waals surface area contributed by atoms with Gasteiger partial charge in [-0.15, -0.1) is 0 Å². The lowest BCUT2D eigenvalue weighted by Gasteiger charge is -2.49. The maximum absolute atomic E-state index is 13.7. The third-order valence-electron chi connectivity index (χ3n) is 6.25. The molecule has 0 aliphatic carbocycles. The summed E-state index contributed by atoms with van der Waals surface area (Å²) < 4.78 is 0. The van der Waals surface area contributed by atoms with Gasteiger partial charge in [-0.2, -0.15) is 0 Å². The maximum Gasteiger partial charge on any atom is 0.256 e. The molecule has 2 N–H and O–H groups in total. The van der Waals surface area contributed by atoms with E-state index in [0.29, 0.717) is 22.8 Å². The molecule has 2 aromatic rings. The third kappa shape index (κ3) is 3.72. The van der Waals surface area contributed by atoms with Crippen molar-refractivity contribution in [1.82, 2.24) is 20.2 Å². The van der Waals surface area contributed by atoms with Gasteiger partial charge >= 0.3 is 0 Å². The first-order valence-electron chi connectivity index (χ1n) is 10.4. The molecule has 2 bridgehead atoms. The highest BCUT2D eigenvalue weighted by atomic mass is 35.5. The van der Waals surface area contributed by atoms with E-state index in [0.717, 1.165) is 35.5 Å². The molecule has 8 heteroatoms. The van der Waals surface area contributed by atoms with E-state index in [-0.39, 0.29) is 28.9 Å². The Kier molecular flexibility index (Phi) is 6.04. The minimum Gasteiger partial charge on any atom is -0.386 e. The van der Waals surface area contributed by atoms with Crippen molar-refractivity contribution in [3.8, 4) is 0 Å². The SMILES string of the molecule is CN/C(=C\C=N)c1nc(C)nc2c1C[C@@H]1CC[C@@H](C)[C@H]2N1C(=O)c1cccc(Cl)c1Cl. The standard InChI is InChI=1S/C23H25Cl2N5O/c1-12-7-8-14-11-16-20(18(27-3)9-10-26)28-13(2)29-21(16)22(12)30(14)23(31)15-5-4-6-17(24)19(15)25/h4-6,9-10,12,14,22,26-27H,7-8,11H2,1-3H3/b18-9-,26-10?/t12-,14+,22-/m1/s1. The molecule has 1 saturated heterocycles. The van der Waals surface area contributed by atoms with Crippen LogP contribution < -0.4 is 5.32 Å². The maximum atomic E-state index is 13.7. The van der Waals surface area contributed by atoms with Gasteiger partial charge in [0.25, 0.3) is 5.91 Å². The van der Waals surface area contributed by atoms with Crippen molar-refractivity contribution in [3.05, 3.63) is 62.7 Å². The lowest BCUT2D eigenvalue weighted by Crippen LogP contribution is -2.53. The largest absolute Gasteiger partial charge is 0.386 e. The summed E-state index contributed by atoms with van der Waals surface area (Å²) in [5, 5.41) is 11.3. The van der Waals surface area contributed by atoms with Gasteiger partial charge in [0.15, 0.2) is 0 Å². The minimum atomic E-state index is -0.163. The van der Waals surface area contributed by atoms with Gasteiger partial charge in [0.05, 0.1) is 38.7 Å². The van der Waals surface area contributed by atoms with Crippen LogP contribution in [0.5, 0.6) is 0 Å². The fourth-order valence-corrected chi connectivity index (χ4v) is 5.22. The number of piperidine rings is 1. The molecule has 3 heterocycles. The quantitative estimate of drug-likeness (QED) is 0.643. The number of aryl methyl sites for hydroxylation is 1. The summed E-state index contributed by atoms with van der Waals surface area (Å²) in [6.07, 6.45) is 5.53. The van der Waals surface area contributed by atoms with E-state index in [4.69, 9.17) is 38.6 Å². The predicted octanol–water partition coefficient (Wildman–Crippen LogP) is 4.84. The van der Waals surface area contributed by atoms with Crippen molar-refractivity contribution < 1.29 is 4.79 Å². The molecule has 1 aromatic carbocycles. The summed E-state index contributed by atoms with van der Waals surface area (Å²) >= 11 is 12.6. The van der Waals surface area contributed by atoms with Crippen LogP contribution in [0.3, 0.4) is 0 Å². The number of nitrogens with one attached hydrogen (secondary N) is 2. The summed E-state index contributed by atoms with van der Waals surface area (Å²) in [4.78, 5) is 25.2. The summed E-state index contributed by atoms with van der Waals surface area (Å²) in [5.41, 5.74) is 3.96. The van der Waals surface area contributed by atoms with Gasteiger partial charge in [0, 0.05) is 24.9 Å². The third-order valence-corrected chi connectivity index (χ3v) is 7.07. The normalized spacial score (nSPS) is 22.7. The first-order chi connectivity index (χ1) is 14.9. The van der Waals surface area contributed by atoms with Crippen molar-refractivity contribution >= 4 is 41.0 Å². The molecule has 0 unspecified atom stereocenters. The molecule has 0 spiro atoms. The molecule has 4 rings (SSSR count). The number of hydrogen-bond donors (Lipinski definition) is 2. The molecule has 2 aliphatic heterocycles. The van der Waals surface area contributed by atoms with Crippen LogP contribution in [0.15, 0.2) is 24.3 Å². The number of fused-ring (bicyclic) bond motifs is 4. The van der Waals surface area contributed by atoms with Crippen LogP contribution in [0, 0.1) is 18.3 Å². The van der Waals surface area contributed by atoms with Crippen LogP contribution in [-0.4, -0.2) is 40.1 Å². The molecule has 31 heavy (non-hydrogen) atoms. The molecule has 2 aliphatic rings. The van der Waals surface area contributed by atoms with Crippen LogP contribution in [0.4, 0.5) is 0 Å². The fraction of sp³-hybridized carbons (Fsp3) is 0.391. The van der Waals surface area contributed by atoms with Gasteiger partial charge in [-0.3, -0.25) is 4.79 Å². The smallest absolute Gasteiger partial charge is 0.256 e. The van der Waals surface area contributed by atoms with Crippen molar-refractivity contribution in [2.75, 3.05) is 7.05 Å². The number of carbonyl (C=O) groups excluding carboxylic acids is 1. The molecule has 6 nitrogen and oxygen atoms in total. The monoisotopic (exact) mass is 457 g/mol. The number of allylic oxidation sites excluding steroid dienone is 1. The van der Waals surface area contributed by atoms with Gasteiger partial charge in [-0.25, -0.2) is 9.97 Å². The zero-order valence-electron chi connectivity index (χ0n) is 17.7. The number of nitrogens with zero attached hydrogens (tertiary/aromatic N) is 3. The second kappa shape index (κ2) is 8.60. The number of aromatic nitrogens is 2. The molecular formula is C23H25Cl2N5O. The van der Waals surface area contributed by atoms with E-state index >= 15 is 0 Å². The molecule has 1 fully saturated rings. The highest BCUT2D eigenvalue weighted by molar-refractivity contribution is 6.43. The number of hydrogen-bond acceptors (Lipinski definition) is 5. The van der Waals surface area contributed by atoms with Crippen LogP contribution in [-0.2, 0) is 6.42 Å².